The second-order valence-corrected chi connectivity index (χ2v) is 9.06. The molecule has 1 aromatic heterocycles. The molecule has 35 heavy (non-hydrogen) atoms. The average molecular weight is 516 g/mol. The summed E-state index contributed by atoms with van der Waals surface area (Å²) in [7, 11) is 0. The Bertz CT molecular complexity index is 972. The summed E-state index contributed by atoms with van der Waals surface area (Å²) in [6.45, 7) is 5.92. The zero-order valence-corrected chi connectivity index (χ0v) is 20.0. The van der Waals surface area contributed by atoms with Crippen LogP contribution in [0, 0.1) is 0 Å². The fraction of sp³-hybridized carbons (Fsp3) is 0.522. The van der Waals surface area contributed by atoms with E-state index in [2.05, 4.69) is 38.8 Å². The Labute approximate surface area is 206 Å². The Kier molecular flexibility index (Phi) is 9.15. The van der Waals surface area contributed by atoms with Gasteiger partial charge in [-0.15, -0.1) is 0 Å². The van der Waals surface area contributed by atoms with Gasteiger partial charge in [-0.3, -0.25) is 4.90 Å². The van der Waals surface area contributed by atoms with Crippen molar-refractivity contribution in [3.8, 4) is 0 Å². The highest BCUT2D eigenvalue weighted by atomic mass is 35.5. The lowest BCUT2D eigenvalue weighted by atomic mass is 9.96. The zero-order chi connectivity index (χ0) is 25.6. The van der Waals surface area contributed by atoms with Crippen molar-refractivity contribution >= 4 is 29.3 Å². The van der Waals surface area contributed by atoms with Gasteiger partial charge in [-0.1, -0.05) is 23.7 Å². The number of morpholine rings is 1. The number of aliphatic carboxylic acids is 1. The Morgan fingerprint density at radius 3 is 2.43 bits per heavy atom. The maximum Gasteiger partial charge on any atom is 0.490 e. The largest absolute Gasteiger partial charge is 0.490 e. The summed E-state index contributed by atoms with van der Waals surface area (Å²) >= 11 is 6.04. The maximum absolute atomic E-state index is 10.6. The van der Waals surface area contributed by atoms with Crippen molar-refractivity contribution in [1.82, 2.24) is 14.9 Å². The fourth-order valence-electron chi connectivity index (χ4n) is 4.35. The van der Waals surface area contributed by atoms with Crippen molar-refractivity contribution in [3.05, 3.63) is 47.1 Å². The van der Waals surface area contributed by atoms with Gasteiger partial charge in [0.1, 0.15) is 5.82 Å². The van der Waals surface area contributed by atoms with Crippen LogP contribution in [0.15, 0.2) is 36.5 Å². The molecule has 2 saturated heterocycles. The van der Waals surface area contributed by atoms with Crippen LogP contribution in [0.5, 0.6) is 0 Å². The lowest BCUT2D eigenvalue weighted by Gasteiger charge is -2.46. The Morgan fingerprint density at radius 1 is 1.23 bits per heavy atom. The summed E-state index contributed by atoms with van der Waals surface area (Å²) in [5, 5.41) is 7.91. The molecule has 3 heterocycles. The fourth-order valence-corrected chi connectivity index (χ4v) is 4.48. The molecule has 12 heteroatoms. The van der Waals surface area contributed by atoms with E-state index in [1.54, 1.807) is 6.20 Å². The van der Waals surface area contributed by atoms with Gasteiger partial charge in [-0.25, -0.2) is 9.78 Å². The van der Waals surface area contributed by atoms with Crippen molar-refractivity contribution in [2.24, 2.45) is 0 Å². The van der Waals surface area contributed by atoms with Crippen LogP contribution in [0.1, 0.15) is 25.3 Å². The zero-order valence-electron chi connectivity index (χ0n) is 19.3. The molecule has 0 amide bonds. The number of hydrogen-bond acceptors (Lipinski definition) is 7. The number of benzene rings is 1. The Morgan fingerprint density at radius 2 is 1.86 bits per heavy atom. The minimum atomic E-state index is -5.08. The quantitative estimate of drug-likeness (QED) is 0.636. The molecule has 0 unspecified atom stereocenters. The number of nitrogens with two attached hydrogens (primary N) is 1. The number of carbonyl (C=O) groups is 1. The summed E-state index contributed by atoms with van der Waals surface area (Å²) in [6, 6.07) is 11.1. The molecule has 2 aliphatic heterocycles. The number of piperidine rings is 1. The number of ether oxygens (including phenoxy) is 1. The number of carboxylic acid groups (broad SMARTS) is 1. The van der Waals surface area contributed by atoms with Crippen molar-refractivity contribution in [2.75, 3.05) is 36.9 Å². The topological polar surface area (TPSA) is 105 Å². The molecular formula is C23H29ClF3N5O3. The number of rotatable bonds is 4. The molecule has 8 nitrogen and oxygen atoms in total. The lowest BCUT2D eigenvalue weighted by Crippen LogP contribution is -2.56. The van der Waals surface area contributed by atoms with E-state index in [0.717, 1.165) is 56.3 Å². The van der Waals surface area contributed by atoms with Gasteiger partial charge in [-0.05, 0) is 49.9 Å². The standard InChI is InChI=1S/C21H28ClN5O.C2HF3O2/c1-15-13-27(19(14-28-15)12-16-2-4-17(22)5-3-16)18-7-10-26(11-8-18)20-6-9-24-21(23)25-20;3-2(4,5)1(6)7/h2-6,9,15,18-19H,7-8,10-14H2,1H3,(H2,23,24,25);(H,6,7)/t15-,19-;/m0./s1. The number of nitrogen functional groups attached to an aromatic ring is 1. The highest BCUT2D eigenvalue weighted by Gasteiger charge is 2.38. The summed E-state index contributed by atoms with van der Waals surface area (Å²) in [4.78, 5) is 22.3. The van der Waals surface area contributed by atoms with Crippen molar-refractivity contribution in [2.45, 2.75) is 50.6 Å². The predicted molar refractivity (Wildman–Crippen MR) is 126 cm³/mol. The van der Waals surface area contributed by atoms with Crippen LogP contribution in [0.4, 0.5) is 24.9 Å². The molecule has 192 valence electrons. The van der Waals surface area contributed by atoms with E-state index in [0.29, 0.717) is 18.0 Å². The second-order valence-electron chi connectivity index (χ2n) is 8.62. The molecule has 4 rings (SSSR count). The molecule has 0 bridgehead atoms. The Hall–Kier alpha value is -2.63. The minimum absolute atomic E-state index is 0.279. The van der Waals surface area contributed by atoms with E-state index in [1.807, 2.05) is 18.2 Å². The molecule has 2 fully saturated rings. The average Bonchev–Trinajstić information content (AvgIpc) is 2.81. The molecule has 0 saturated carbocycles. The third kappa shape index (κ3) is 7.94. The molecule has 0 radical (unpaired) electrons. The van der Waals surface area contributed by atoms with Gasteiger partial charge >= 0.3 is 12.1 Å². The number of alkyl halides is 3. The number of hydrogen-bond donors (Lipinski definition) is 2. The monoisotopic (exact) mass is 515 g/mol. The van der Waals surface area contributed by atoms with E-state index in [-0.39, 0.29) is 6.10 Å². The van der Waals surface area contributed by atoms with E-state index >= 15 is 0 Å². The maximum atomic E-state index is 10.6. The number of anilines is 2. The van der Waals surface area contributed by atoms with Crippen molar-refractivity contribution in [3.63, 3.8) is 0 Å². The van der Waals surface area contributed by atoms with Crippen LogP contribution in [0.3, 0.4) is 0 Å². The lowest BCUT2D eigenvalue weighted by molar-refractivity contribution is -0.192. The molecule has 1 aromatic carbocycles. The van der Waals surface area contributed by atoms with E-state index in [4.69, 9.17) is 32.0 Å². The van der Waals surface area contributed by atoms with E-state index in [9.17, 15) is 13.2 Å². The van der Waals surface area contributed by atoms with Gasteiger partial charge in [0.05, 0.1) is 12.7 Å². The number of nitrogens with zero attached hydrogens (tertiary/aromatic N) is 4. The van der Waals surface area contributed by atoms with Crippen LogP contribution >= 0.6 is 11.6 Å². The van der Waals surface area contributed by atoms with Gasteiger partial charge in [-0.2, -0.15) is 18.2 Å². The summed E-state index contributed by atoms with van der Waals surface area (Å²) < 4.78 is 37.7. The van der Waals surface area contributed by atoms with E-state index < -0.39 is 12.1 Å². The number of carboxylic acids is 1. The number of halogens is 4. The van der Waals surface area contributed by atoms with E-state index in [1.165, 1.54) is 5.56 Å². The van der Waals surface area contributed by atoms with Crippen LogP contribution < -0.4 is 10.6 Å². The van der Waals surface area contributed by atoms with Crippen LogP contribution in [0.25, 0.3) is 0 Å². The van der Waals surface area contributed by atoms with Gasteiger partial charge in [0.15, 0.2) is 0 Å². The minimum Gasteiger partial charge on any atom is -0.475 e. The third-order valence-electron chi connectivity index (χ3n) is 6.05. The summed E-state index contributed by atoms with van der Waals surface area (Å²) in [5.41, 5.74) is 7.06. The first kappa shape index (κ1) is 27.0. The second kappa shape index (κ2) is 11.9. The summed E-state index contributed by atoms with van der Waals surface area (Å²) in [6.07, 6.45) is 0.157. The summed E-state index contributed by atoms with van der Waals surface area (Å²) in [5.74, 6) is -1.49. The molecule has 2 aromatic rings. The van der Waals surface area contributed by atoms with Crippen molar-refractivity contribution in [1.29, 1.82) is 0 Å². The first-order valence-corrected chi connectivity index (χ1v) is 11.7. The molecule has 0 spiro atoms. The van der Waals surface area contributed by atoms with Gasteiger partial charge < -0.3 is 20.5 Å². The SMILES string of the molecule is C[C@H]1CN(C2CCN(c3ccnc(N)n3)CC2)[C@@H](Cc2ccc(Cl)cc2)CO1.O=C(O)C(F)(F)F. The predicted octanol–water partition coefficient (Wildman–Crippen LogP) is 3.65. The normalized spacial score (nSPS) is 21.8. The van der Waals surface area contributed by atoms with Crippen LogP contribution in [-0.4, -0.2) is 76.5 Å². The highest BCUT2D eigenvalue weighted by molar-refractivity contribution is 6.30. The van der Waals surface area contributed by atoms with Gasteiger partial charge in [0.25, 0.3) is 0 Å². The highest BCUT2D eigenvalue weighted by Crippen LogP contribution is 2.27. The molecular weight excluding hydrogens is 487 g/mol. The molecule has 2 atom stereocenters. The number of aromatic nitrogens is 2. The van der Waals surface area contributed by atoms with Crippen LogP contribution in [0.2, 0.25) is 5.02 Å². The van der Waals surface area contributed by atoms with Gasteiger partial charge in [0, 0.05) is 42.9 Å². The Balaban J connectivity index is 0.000000429. The van der Waals surface area contributed by atoms with Crippen molar-refractivity contribution < 1.29 is 27.8 Å². The third-order valence-corrected chi connectivity index (χ3v) is 6.31. The first-order chi connectivity index (χ1) is 16.5. The smallest absolute Gasteiger partial charge is 0.475 e. The molecule has 3 N–H and O–H groups in total. The first-order valence-electron chi connectivity index (χ1n) is 11.3. The van der Waals surface area contributed by atoms with Crippen LogP contribution in [-0.2, 0) is 16.0 Å². The van der Waals surface area contributed by atoms with Gasteiger partial charge in [0.2, 0.25) is 5.95 Å². The molecule has 0 aliphatic carbocycles. The molecule has 2 aliphatic rings.